The number of hydrogen-bond donors (Lipinski definition) is 2. The summed E-state index contributed by atoms with van der Waals surface area (Å²) in [6, 6.07) is 1.03. The van der Waals surface area contributed by atoms with Crippen LogP contribution in [-0.4, -0.2) is 47.7 Å². The van der Waals surface area contributed by atoms with Gasteiger partial charge >= 0.3 is 0 Å². The van der Waals surface area contributed by atoms with Gasteiger partial charge in [0.25, 0.3) is 0 Å². The number of likely N-dealkylation sites (tertiary alicyclic amines) is 1. The van der Waals surface area contributed by atoms with Gasteiger partial charge in [0, 0.05) is 37.2 Å². The summed E-state index contributed by atoms with van der Waals surface area (Å²) >= 11 is 0. The molecule has 20 heavy (non-hydrogen) atoms. The van der Waals surface area contributed by atoms with Crippen LogP contribution in [0.5, 0.6) is 0 Å². The van der Waals surface area contributed by atoms with E-state index in [9.17, 15) is 4.79 Å². The molecule has 0 aromatic rings. The van der Waals surface area contributed by atoms with Gasteiger partial charge in [-0.3, -0.25) is 9.69 Å². The lowest BCUT2D eigenvalue weighted by atomic mass is 9.88. The molecular formula is C16H30N2O2. The molecule has 0 bridgehead atoms. The van der Waals surface area contributed by atoms with Crippen LogP contribution in [0.4, 0.5) is 0 Å². The summed E-state index contributed by atoms with van der Waals surface area (Å²) in [6.07, 6.45) is 5.63. The molecule has 0 spiro atoms. The fraction of sp³-hybridized carbons (Fsp3) is 0.938. The van der Waals surface area contributed by atoms with Crippen LogP contribution in [0.25, 0.3) is 0 Å². The highest BCUT2D eigenvalue weighted by Crippen LogP contribution is 2.32. The highest BCUT2D eigenvalue weighted by atomic mass is 16.2. The third-order valence-corrected chi connectivity index (χ3v) is 4.42. The van der Waals surface area contributed by atoms with Gasteiger partial charge in [0.15, 0.2) is 0 Å². The highest BCUT2D eigenvalue weighted by Gasteiger charge is 2.37. The maximum absolute atomic E-state index is 12.2. The molecule has 2 aliphatic rings. The molecule has 0 aromatic heterocycles. The molecule has 1 saturated carbocycles. The lowest BCUT2D eigenvalue weighted by Crippen LogP contribution is -2.53. The Morgan fingerprint density at radius 2 is 2.00 bits per heavy atom. The minimum absolute atomic E-state index is 0.154. The smallest absolute Gasteiger partial charge is 0.225 e. The summed E-state index contributed by atoms with van der Waals surface area (Å²) in [7, 11) is 0. The van der Waals surface area contributed by atoms with Gasteiger partial charge < -0.3 is 10.4 Å². The number of carbonyl (C=O) groups excluding carboxylic acids is 1. The number of nitrogens with zero attached hydrogens (tertiary/aromatic N) is 1. The van der Waals surface area contributed by atoms with Crippen LogP contribution in [-0.2, 0) is 4.79 Å². The van der Waals surface area contributed by atoms with Crippen molar-refractivity contribution in [1.82, 2.24) is 10.2 Å². The van der Waals surface area contributed by atoms with Crippen LogP contribution in [0, 0.1) is 11.3 Å². The van der Waals surface area contributed by atoms with Crippen LogP contribution < -0.4 is 5.32 Å². The van der Waals surface area contributed by atoms with Crippen LogP contribution in [0.15, 0.2) is 0 Å². The largest absolute Gasteiger partial charge is 0.396 e. The number of carbonyl (C=O) groups is 1. The van der Waals surface area contributed by atoms with Crippen LogP contribution in [0.3, 0.4) is 0 Å². The van der Waals surface area contributed by atoms with Gasteiger partial charge in [0.2, 0.25) is 5.91 Å². The minimum atomic E-state index is -0.317. The molecule has 0 aromatic carbocycles. The third-order valence-electron chi connectivity index (χ3n) is 4.42. The number of hydrogen-bond acceptors (Lipinski definition) is 3. The maximum Gasteiger partial charge on any atom is 0.225 e. The first kappa shape index (κ1) is 15.8. The SMILES string of the molecule is CC(C)(C)C(=O)NC1CC(CCCO)CN(C2CC2)C1. The van der Waals surface area contributed by atoms with E-state index in [1.54, 1.807) is 0 Å². The number of rotatable bonds is 5. The molecule has 1 heterocycles. The van der Waals surface area contributed by atoms with Gasteiger partial charge in [-0.15, -0.1) is 0 Å². The molecule has 4 nitrogen and oxygen atoms in total. The van der Waals surface area contributed by atoms with Gasteiger partial charge in [-0.2, -0.15) is 0 Å². The molecule has 1 aliphatic heterocycles. The second-order valence-electron chi connectivity index (χ2n) is 7.57. The fourth-order valence-electron chi connectivity index (χ4n) is 3.07. The van der Waals surface area contributed by atoms with Gasteiger partial charge in [-0.1, -0.05) is 20.8 Å². The van der Waals surface area contributed by atoms with Crippen molar-refractivity contribution in [3.05, 3.63) is 0 Å². The number of amides is 1. The van der Waals surface area contributed by atoms with Gasteiger partial charge in [-0.05, 0) is 38.0 Å². The van der Waals surface area contributed by atoms with E-state index in [2.05, 4.69) is 10.2 Å². The predicted octanol–water partition coefficient (Wildman–Crippen LogP) is 1.77. The number of nitrogens with one attached hydrogen (secondary N) is 1. The van der Waals surface area contributed by atoms with Crippen molar-refractivity contribution in [2.45, 2.75) is 65.0 Å². The molecule has 1 saturated heterocycles. The molecule has 116 valence electrons. The highest BCUT2D eigenvalue weighted by molar-refractivity contribution is 5.81. The van der Waals surface area contributed by atoms with Crippen molar-refractivity contribution in [2.75, 3.05) is 19.7 Å². The Kier molecular flexibility index (Phi) is 5.08. The molecule has 4 heteroatoms. The molecule has 1 aliphatic carbocycles. The van der Waals surface area contributed by atoms with Crippen molar-refractivity contribution in [3.63, 3.8) is 0 Å². The first-order valence-electron chi connectivity index (χ1n) is 8.06. The zero-order valence-electron chi connectivity index (χ0n) is 13.2. The maximum atomic E-state index is 12.2. The summed E-state index contributed by atoms with van der Waals surface area (Å²) in [5.41, 5.74) is -0.317. The van der Waals surface area contributed by atoms with Crippen molar-refractivity contribution >= 4 is 5.91 Å². The van der Waals surface area contributed by atoms with E-state index in [1.807, 2.05) is 20.8 Å². The first-order chi connectivity index (χ1) is 9.40. The molecule has 2 rings (SSSR count). The van der Waals surface area contributed by atoms with E-state index >= 15 is 0 Å². The first-order valence-corrected chi connectivity index (χ1v) is 8.06. The van der Waals surface area contributed by atoms with Gasteiger partial charge in [0.1, 0.15) is 0 Å². The Hall–Kier alpha value is -0.610. The molecule has 0 radical (unpaired) electrons. The van der Waals surface area contributed by atoms with Crippen LogP contribution in [0.2, 0.25) is 0 Å². The second kappa shape index (κ2) is 6.44. The third kappa shape index (κ3) is 4.45. The van der Waals surface area contributed by atoms with Crippen molar-refractivity contribution in [2.24, 2.45) is 11.3 Å². The van der Waals surface area contributed by atoms with Crippen LogP contribution in [0.1, 0.15) is 52.9 Å². The summed E-state index contributed by atoms with van der Waals surface area (Å²) in [5.74, 6) is 0.767. The summed E-state index contributed by atoms with van der Waals surface area (Å²) in [5, 5.41) is 12.3. The molecule has 1 amide bonds. The Morgan fingerprint density at radius 1 is 1.30 bits per heavy atom. The monoisotopic (exact) mass is 282 g/mol. The zero-order chi connectivity index (χ0) is 14.8. The number of piperidine rings is 1. The minimum Gasteiger partial charge on any atom is -0.396 e. The van der Waals surface area contributed by atoms with Crippen molar-refractivity contribution < 1.29 is 9.90 Å². The fourth-order valence-corrected chi connectivity index (χ4v) is 3.07. The second-order valence-corrected chi connectivity index (χ2v) is 7.57. The predicted molar refractivity (Wildman–Crippen MR) is 80.4 cm³/mol. The molecule has 2 N–H and O–H groups in total. The topological polar surface area (TPSA) is 52.6 Å². The normalized spacial score (nSPS) is 28.4. The molecule has 2 fully saturated rings. The standard InChI is InChI=1S/C16H30N2O2/c1-16(2,3)15(20)17-13-9-12(5-4-8-19)10-18(11-13)14-6-7-14/h12-14,19H,4-11H2,1-3H3,(H,17,20). The van der Waals surface area contributed by atoms with Crippen LogP contribution >= 0.6 is 0 Å². The Bertz CT molecular complexity index is 334. The van der Waals surface area contributed by atoms with E-state index < -0.39 is 0 Å². The number of aliphatic hydroxyl groups is 1. The quantitative estimate of drug-likeness (QED) is 0.808. The summed E-state index contributed by atoms with van der Waals surface area (Å²) in [6.45, 7) is 8.32. The lowest BCUT2D eigenvalue weighted by Gasteiger charge is -2.39. The lowest BCUT2D eigenvalue weighted by molar-refractivity contribution is -0.129. The number of aliphatic hydroxyl groups excluding tert-OH is 1. The summed E-state index contributed by atoms with van der Waals surface area (Å²) in [4.78, 5) is 14.7. The van der Waals surface area contributed by atoms with Gasteiger partial charge in [0.05, 0.1) is 0 Å². The van der Waals surface area contributed by atoms with Crippen molar-refractivity contribution in [1.29, 1.82) is 0 Å². The van der Waals surface area contributed by atoms with E-state index in [1.165, 1.54) is 12.8 Å². The van der Waals surface area contributed by atoms with E-state index in [0.29, 0.717) is 5.92 Å². The summed E-state index contributed by atoms with van der Waals surface area (Å²) < 4.78 is 0. The van der Waals surface area contributed by atoms with Crippen molar-refractivity contribution in [3.8, 4) is 0 Å². The molecule has 2 unspecified atom stereocenters. The van der Waals surface area contributed by atoms with E-state index in [4.69, 9.17) is 5.11 Å². The molecular weight excluding hydrogens is 252 g/mol. The van der Waals surface area contributed by atoms with E-state index in [-0.39, 0.29) is 24.0 Å². The zero-order valence-corrected chi connectivity index (χ0v) is 13.2. The average molecular weight is 282 g/mol. The molecule has 2 atom stereocenters. The Labute approximate surface area is 122 Å². The van der Waals surface area contributed by atoms with Gasteiger partial charge in [-0.25, -0.2) is 0 Å². The average Bonchev–Trinajstić information content (AvgIpc) is 3.19. The van der Waals surface area contributed by atoms with E-state index in [0.717, 1.165) is 38.4 Å². The Morgan fingerprint density at radius 3 is 2.55 bits per heavy atom. The Balaban J connectivity index is 1.91.